The van der Waals surface area contributed by atoms with Crippen LogP contribution in [0.15, 0.2) is 18.2 Å². The number of nitrogens with one attached hydrogen (secondary N) is 1. The molecule has 1 N–H and O–H groups in total. The Kier molecular flexibility index (Phi) is 4.94. The minimum absolute atomic E-state index is 0.157. The van der Waals surface area contributed by atoms with Crippen LogP contribution in [0.2, 0.25) is 0 Å². The zero-order valence-corrected chi connectivity index (χ0v) is 12.8. The van der Waals surface area contributed by atoms with Gasteiger partial charge in [-0.15, -0.1) is 0 Å². The summed E-state index contributed by atoms with van der Waals surface area (Å²) in [6, 6.07) is 5.24. The molecule has 0 saturated carbocycles. The van der Waals surface area contributed by atoms with Gasteiger partial charge >= 0.3 is 0 Å². The normalized spacial score (nSPS) is 19.5. The van der Waals surface area contributed by atoms with Crippen molar-refractivity contribution in [1.29, 1.82) is 0 Å². The van der Waals surface area contributed by atoms with Crippen molar-refractivity contribution in [3.63, 3.8) is 0 Å². The second-order valence-electron chi connectivity index (χ2n) is 4.39. The first-order valence-electron chi connectivity index (χ1n) is 6.07. The maximum Gasteiger partial charge on any atom is 0.282 e. The highest BCUT2D eigenvalue weighted by Gasteiger charge is 2.21. The number of nitrogens with zero attached hydrogens (tertiary/aromatic N) is 2. The standard InChI is InChI=1S/C12H16IN3O3/c1-14-7-10-8-15(4-5-19-10)9-2-3-12(16(17)18)11(13)6-9/h2-3,6,10,14H,4-5,7-8H2,1H3. The van der Waals surface area contributed by atoms with Crippen LogP contribution in [0.25, 0.3) is 0 Å². The molecule has 1 aliphatic rings. The van der Waals surface area contributed by atoms with Gasteiger partial charge in [0.05, 0.1) is 21.2 Å². The van der Waals surface area contributed by atoms with Crippen LogP contribution in [0.5, 0.6) is 0 Å². The molecular weight excluding hydrogens is 361 g/mol. The molecule has 1 aromatic rings. The minimum atomic E-state index is -0.353. The molecule has 0 aliphatic carbocycles. The number of morpholine rings is 1. The molecule has 1 atom stereocenters. The average Bonchev–Trinajstić information content (AvgIpc) is 2.39. The van der Waals surface area contributed by atoms with Crippen molar-refractivity contribution in [2.24, 2.45) is 0 Å². The van der Waals surface area contributed by atoms with Crippen molar-refractivity contribution in [1.82, 2.24) is 5.32 Å². The molecule has 0 spiro atoms. The van der Waals surface area contributed by atoms with Gasteiger partial charge in [-0.3, -0.25) is 10.1 Å². The van der Waals surface area contributed by atoms with Crippen LogP contribution in [0.3, 0.4) is 0 Å². The predicted octanol–water partition coefficient (Wildman–Crippen LogP) is 1.62. The Morgan fingerprint density at radius 1 is 1.63 bits per heavy atom. The van der Waals surface area contributed by atoms with Gasteiger partial charge in [0.25, 0.3) is 5.69 Å². The molecule has 0 amide bonds. The Labute approximate surface area is 125 Å². The van der Waals surface area contributed by atoms with E-state index in [1.165, 1.54) is 0 Å². The lowest BCUT2D eigenvalue weighted by atomic mass is 10.2. The number of hydrogen-bond donors (Lipinski definition) is 1. The summed E-state index contributed by atoms with van der Waals surface area (Å²) in [7, 11) is 1.90. The van der Waals surface area contributed by atoms with Crippen LogP contribution in [0, 0.1) is 13.7 Å². The van der Waals surface area contributed by atoms with E-state index in [4.69, 9.17) is 4.74 Å². The molecule has 1 fully saturated rings. The van der Waals surface area contributed by atoms with Gasteiger partial charge in [-0.25, -0.2) is 0 Å². The van der Waals surface area contributed by atoms with E-state index in [9.17, 15) is 10.1 Å². The molecule has 7 heteroatoms. The number of benzene rings is 1. The lowest BCUT2D eigenvalue weighted by Crippen LogP contribution is -2.46. The molecule has 2 rings (SSSR count). The maximum atomic E-state index is 10.8. The van der Waals surface area contributed by atoms with Gasteiger partial charge in [0.2, 0.25) is 0 Å². The number of rotatable bonds is 4. The molecule has 0 bridgehead atoms. The lowest BCUT2D eigenvalue weighted by Gasteiger charge is -2.34. The highest BCUT2D eigenvalue weighted by molar-refractivity contribution is 14.1. The van der Waals surface area contributed by atoms with E-state index >= 15 is 0 Å². The van der Waals surface area contributed by atoms with E-state index in [1.54, 1.807) is 6.07 Å². The summed E-state index contributed by atoms with van der Waals surface area (Å²) in [5, 5.41) is 13.9. The van der Waals surface area contributed by atoms with Crippen LogP contribution in [-0.4, -0.2) is 44.3 Å². The quantitative estimate of drug-likeness (QED) is 0.491. The smallest absolute Gasteiger partial charge is 0.282 e. The molecule has 1 unspecified atom stereocenters. The van der Waals surface area contributed by atoms with E-state index < -0.39 is 0 Å². The number of nitro groups is 1. The van der Waals surface area contributed by atoms with Gasteiger partial charge in [0.15, 0.2) is 0 Å². The summed E-state index contributed by atoms with van der Waals surface area (Å²) in [5.74, 6) is 0. The number of likely N-dealkylation sites (N-methyl/N-ethyl adjacent to an activating group) is 1. The fourth-order valence-electron chi connectivity index (χ4n) is 2.15. The molecule has 1 aromatic carbocycles. The van der Waals surface area contributed by atoms with Gasteiger partial charge < -0.3 is 15.0 Å². The molecule has 0 aromatic heterocycles. The van der Waals surface area contributed by atoms with Crippen LogP contribution in [-0.2, 0) is 4.74 Å². The van der Waals surface area contributed by atoms with E-state index in [0.717, 1.165) is 25.3 Å². The van der Waals surface area contributed by atoms with Crippen molar-refractivity contribution in [2.45, 2.75) is 6.10 Å². The van der Waals surface area contributed by atoms with E-state index in [-0.39, 0.29) is 16.7 Å². The van der Waals surface area contributed by atoms with Crippen molar-refractivity contribution in [2.75, 3.05) is 38.2 Å². The van der Waals surface area contributed by atoms with Crippen LogP contribution in [0.1, 0.15) is 0 Å². The third kappa shape index (κ3) is 3.54. The Bertz CT molecular complexity index is 468. The maximum absolute atomic E-state index is 10.8. The number of ether oxygens (including phenoxy) is 1. The molecule has 1 heterocycles. The molecule has 0 radical (unpaired) electrons. The first kappa shape index (κ1) is 14.5. The summed E-state index contributed by atoms with van der Waals surface area (Å²) < 4.78 is 6.31. The van der Waals surface area contributed by atoms with Gasteiger partial charge in [0, 0.05) is 31.4 Å². The second-order valence-corrected chi connectivity index (χ2v) is 5.55. The monoisotopic (exact) mass is 377 g/mol. The number of hydrogen-bond acceptors (Lipinski definition) is 5. The van der Waals surface area contributed by atoms with Crippen molar-refractivity contribution >= 4 is 34.0 Å². The summed E-state index contributed by atoms with van der Waals surface area (Å²) >= 11 is 2.01. The van der Waals surface area contributed by atoms with E-state index in [0.29, 0.717) is 10.2 Å². The van der Waals surface area contributed by atoms with Gasteiger partial charge in [-0.05, 0) is 41.8 Å². The molecular formula is C12H16IN3O3. The average molecular weight is 377 g/mol. The molecule has 104 valence electrons. The molecule has 1 aliphatic heterocycles. The highest BCUT2D eigenvalue weighted by Crippen LogP contribution is 2.27. The SMILES string of the molecule is CNCC1CN(c2ccc([N+](=O)[O-])c(I)c2)CCO1. The van der Waals surface area contributed by atoms with E-state index in [1.807, 2.05) is 41.8 Å². The zero-order chi connectivity index (χ0) is 13.8. The fourth-order valence-corrected chi connectivity index (χ4v) is 2.84. The number of halogens is 1. The topological polar surface area (TPSA) is 67.6 Å². The summed E-state index contributed by atoms with van der Waals surface area (Å²) in [4.78, 5) is 12.7. The van der Waals surface area contributed by atoms with Gasteiger partial charge in [0.1, 0.15) is 0 Å². The van der Waals surface area contributed by atoms with Gasteiger partial charge in [-0.1, -0.05) is 0 Å². The van der Waals surface area contributed by atoms with Crippen molar-refractivity contribution < 1.29 is 9.66 Å². The Morgan fingerprint density at radius 2 is 2.42 bits per heavy atom. The molecule has 1 saturated heterocycles. The van der Waals surface area contributed by atoms with Gasteiger partial charge in [-0.2, -0.15) is 0 Å². The van der Waals surface area contributed by atoms with Crippen molar-refractivity contribution in [3.8, 4) is 0 Å². The second kappa shape index (κ2) is 6.49. The summed E-state index contributed by atoms with van der Waals surface area (Å²) in [6.45, 7) is 3.10. The van der Waals surface area contributed by atoms with E-state index in [2.05, 4.69) is 10.2 Å². The molecule has 6 nitrogen and oxygen atoms in total. The summed E-state index contributed by atoms with van der Waals surface area (Å²) in [5.41, 5.74) is 1.17. The van der Waals surface area contributed by atoms with Crippen LogP contribution in [0.4, 0.5) is 11.4 Å². The number of anilines is 1. The zero-order valence-electron chi connectivity index (χ0n) is 10.6. The first-order chi connectivity index (χ1) is 9.11. The van der Waals surface area contributed by atoms with Crippen LogP contribution < -0.4 is 10.2 Å². The third-order valence-corrected chi connectivity index (χ3v) is 3.93. The largest absolute Gasteiger partial charge is 0.373 e. The fraction of sp³-hybridized carbons (Fsp3) is 0.500. The highest BCUT2D eigenvalue weighted by atomic mass is 127. The molecule has 19 heavy (non-hydrogen) atoms. The summed E-state index contributed by atoms with van der Waals surface area (Å²) in [6.07, 6.45) is 0.159. The third-order valence-electron chi connectivity index (χ3n) is 3.06. The lowest BCUT2D eigenvalue weighted by molar-refractivity contribution is -0.385. The van der Waals surface area contributed by atoms with Crippen molar-refractivity contribution in [3.05, 3.63) is 31.9 Å². The Hall–Kier alpha value is -0.930. The number of nitro benzene ring substituents is 1. The first-order valence-corrected chi connectivity index (χ1v) is 7.15. The minimum Gasteiger partial charge on any atom is -0.373 e. The Balaban J connectivity index is 2.13. The van der Waals surface area contributed by atoms with Crippen LogP contribution >= 0.6 is 22.6 Å². The Morgan fingerprint density at radius 3 is 3.05 bits per heavy atom. The predicted molar refractivity (Wildman–Crippen MR) is 81.7 cm³/mol.